The Balaban J connectivity index is 1.22. The van der Waals surface area contributed by atoms with Gasteiger partial charge in [0.25, 0.3) is 0 Å². The number of nitrogens with one attached hydrogen (secondary N) is 3. The number of sulfone groups is 1. The molecule has 0 unspecified atom stereocenters. The quantitative estimate of drug-likeness (QED) is 0.165. The second-order valence-corrected chi connectivity index (χ2v) is 13.7. The van der Waals surface area contributed by atoms with E-state index >= 15 is 4.39 Å². The molecule has 10 nitrogen and oxygen atoms in total. The number of rotatable bonds is 9. The third-order valence-electron chi connectivity index (χ3n) is 7.81. The highest BCUT2D eigenvalue weighted by Gasteiger charge is 2.22. The van der Waals surface area contributed by atoms with Gasteiger partial charge in [-0.2, -0.15) is 5.10 Å². The van der Waals surface area contributed by atoms with Gasteiger partial charge in [-0.25, -0.2) is 22.2 Å². The normalized spacial score (nSPS) is 11.7. The molecule has 240 valence electrons. The van der Waals surface area contributed by atoms with Crippen LogP contribution in [0.1, 0.15) is 11.1 Å². The third kappa shape index (κ3) is 6.40. The van der Waals surface area contributed by atoms with Crippen molar-refractivity contribution in [3.8, 4) is 33.9 Å². The number of imidazole rings is 1. The first-order valence-electron chi connectivity index (χ1n) is 14.9. The Bertz CT molecular complexity index is 2440. The number of hydrogen-bond donors (Lipinski definition) is 3. The summed E-state index contributed by atoms with van der Waals surface area (Å²) >= 11 is 0. The summed E-state index contributed by atoms with van der Waals surface area (Å²) in [6, 6.07) is 20.7. The number of H-pyrrole nitrogens is 2. The van der Waals surface area contributed by atoms with Crippen LogP contribution in [0.2, 0.25) is 0 Å². The Labute approximate surface area is 273 Å². The fourth-order valence-electron chi connectivity index (χ4n) is 5.60. The molecule has 13 heteroatoms. The van der Waals surface area contributed by atoms with Crippen LogP contribution in [-0.4, -0.2) is 56.5 Å². The molecule has 48 heavy (non-hydrogen) atoms. The molecule has 0 fully saturated rings. The van der Waals surface area contributed by atoms with Crippen molar-refractivity contribution in [2.45, 2.75) is 12.8 Å². The number of amides is 1. The van der Waals surface area contributed by atoms with Crippen molar-refractivity contribution in [3.63, 3.8) is 0 Å². The van der Waals surface area contributed by atoms with Gasteiger partial charge in [0.2, 0.25) is 5.91 Å². The number of halogens is 2. The minimum absolute atomic E-state index is 0.00925. The molecule has 0 radical (unpaired) electrons. The van der Waals surface area contributed by atoms with Crippen LogP contribution in [-0.2, 0) is 27.5 Å². The van der Waals surface area contributed by atoms with Crippen LogP contribution in [0, 0.1) is 11.6 Å². The molecule has 4 aromatic heterocycles. The Morgan fingerprint density at radius 2 is 1.71 bits per heavy atom. The number of aromatic amines is 2. The van der Waals surface area contributed by atoms with Gasteiger partial charge in [0, 0.05) is 23.6 Å². The fraction of sp³-hybridized carbons (Fsp3) is 0.114. The predicted molar refractivity (Wildman–Crippen MR) is 180 cm³/mol. The molecule has 0 aliphatic rings. The van der Waals surface area contributed by atoms with Gasteiger partial charge in [-0.05, 0) is 47.4 Å². The Kier molecular flexibility index (Phi) is 7.97. The number of pyridine rings is 2. The van der Waals surface area contributed by atoms with E-state index in [-0.39, 0.29) is 47.1 Å². The lowest BCUT2D eigenvalue weighted by atomic mass is 10.0. The molecular formula is C35H27F2N7O3S. The fourth-order valence-corrected chi connectivity index (χ4v) is 6.21. The van der Waals surface area contributed by atoms with Crippen molar-refractivity contribution in [3.05, 3.63) is 114 Å². The summed E-state index contributed by atoms with van der Waals surface area (Å²) in [5, 5.41) is 10.1. The van der Waals surface area contributed by atoms with Crippen LogP contribution in [0.15, 0.2) is 91.4 Å². The summed E-state index contributed by atoms with van der Waals surface area (Å²) in [5.41, 5.74) is 4.94. The number of hydrogen-bond acceptors (Lipinski definition) is 7. The first-order valence-corrected chi connectivity index (χ1v) is 17.0. The summed E-state index contributed by atoms with van der Waals surface area (Å²) in [6.07, 6.45) is 5.88. The molecule has 1 amide bonds. The molecule has 0 saturated carbocycles. The van der Waals surface area contributed by atoms with Gasteiger partial charge in [-0.15, -0.1) is 0 Å². The van der Waals surface area contributed by atoms with Crippen LogP contribution >= 0.6 is 0 Å². The zero-order valence-electron chi connectivity index (χ0n) is 25.5. The van der Waals surface area contributed by atoms with Gasteiger partial charge < -0.3 is 10.3 Å². The Morgan fingerprint density at radius 3 is 2.52 bits per heavy atom. The highest BCUT2D eigenvalue weighted by atomic mass is 32.2. The topological polar surface area (TPSA) is 146 Å². The Hall–Kier alpha value is -5.82. The average molecular weight is 664 g/mol. The maximum absolute atomic E-state index is 16.3. The van der Waals surface area contributed by atoms with E-state index in [0.717, 1.165) is 11.8 Å². The summed E-state index contributed by atoms with van der Waals surface area (Å²) in [4.78, 5) is 29.1. The van der Waals surface area contributed by atoms with E-state index in [1.807, 2.05) is 30.3 Å². The predicted octanol–water partition coefficient (Wildman–Crippen LogP) is 6.28. The summed E-state index contributed by atoms with van der Waals surface area (Å²) < 4.78 is 54.4. The van der Waals surface area contributed by atoms with E-state index in [4.69, 9.17) is 4.98 Å². The Morgan fingerprint density at radius 1 is 0.875 bits per heavy atom. The molecule has 7 rings (SSSR count). The van der Waals surface area contributed by atoms with Gasteiger partial charge in [0.05, 0.1) is 52.2 Å². The minimum atomic E-state index is -3.23. The number of aryl methyl sites for hydroxylation is 1. The second kappa shape index (κ2) is 12.4. The smallest absolute Gasteiger partial charge is 0.228 e. The van der Waals surface area contributed by atoms with Crippen molar-refractivity contribution >= 4 is 43.4 Å². The maximum Gasteiger partial charge on any atom is 0.228 e. The van der Waals surface area contributed by atoms with Crippen molar-refractivity contribution in [1.29, 1.82) is 0 Å². The van der Waals surface area contributed by atoms with Gasteiger partial charge in [-0.1, -0.05) is 48.5 Å². The van der Waals surface area contributed by atoms with Crippen LogP contribution in [0.25, 0.3) is 55.8 Å². The van der Waals surface area contributed by atoms with Crippen molar-refractivity contribution in [2.75, 3.05) is 17.3 Å². The molecule has 0 atom stereocenters. The molecule has 4 heterocycles. The van der Waals surface area contributed by atoms with Gasteiger partial charge in [-0.3, -0.25) is 19.9 Å². The summed E-state index contributed by atoms with van der Waals surface area (Å²) in [6.45, 7) is 0. The highest BCUT2D eigenvalue weighted by Crippen LogP contribution is 2.35. The van der Waals surface area contributed by atoms with E-state index in [0.29, 0.717) is 44.5 Å². The molecule has 0 aliphatic heterocycles. The largest absolute Gasteiger partial charge is 0.337 e. The number of carbonyl (C=O) groups is 1. The zero-order chi connectivity index (χ0) is 33.4. The second-order valence-electron chi connectivity index (χ2n) is 11.5. The molecule has 0 saturated heterocycles. The van der Waals surface area contributed by atoms with E-state index in [2.05, 4.69) is 30.5 Å². The van der Waals surface area contributed by atoms with Gasteiger partial charge >= 0.3 is 0 Å². The SMILES string of the molecule is CS(=O)(=O)CCc1cc(F)cc(-c2cccc3[nH]c(-c4n[nH]c5cnc(-c6cncc(NC(=O)Cc7ccccc7)c6)c(F)c45)nc23)c1. The lowest BCUT2D eigenvalue weighted by molar-refractivity contribution is -0.115. The number of aromatic nitrogens is 6. The third-order valence-corrected chi connectivity index (χ3v) is 8.76. The average Bonchev–Trinajstić information content (AvgIpc) is 3.69. The molecule has 3 N–H and O–H groups in total. The number of nitrogens with zero attached hydrogens (tertiary/aromatic N) is 4. The standard InChI is InChI=1S/C35H27F2N7O3S/c1-48(46,47)11-10-21-12-22(15-24(36)13-21)26-8-5-9-27-33(26)42-35(41-27)34-30-28(43-44-34)19-39-32(31(30)37)23-16-25(18-38-17-23)40-29(45)14-20-6-3-2-4-7-20/h2-9,12-13,15-19H,10-11,14H2,1H3,(H,40,45)(H,41,42)(H,43,44). The molecule has 0 bridgehead atoms. The van der Waals surface area contributed by atoms with E-state index in [1.54, 1.807) is 30.3 Å². The van der Waals surface area contributed by atoms with Crippen LogP contribution in [0.3, 0.4) is 0 Å². The first kappa shape index (κ1) is 30.8. The first-order chi connectivity index (χ1) is 23.1. The summed E-state index contributed by atoms with van der Waals surface area (Å²) in [5.74, 6) is -1.24. The number of benzene rings is 3. The number of carbonyl (C=O) groups excluding carboxylic acids is 1. The monoisotopic (exact) mass is 663 g/mol. The lowest BCUT2D eigenvalue weighted by Crippen LogP contribution is -2.14. The van der Waals surface area contributed by atoms with E-state index in [1.165, 1.54) is 30.7 Å². The van der Waals surface area contributed by atoms with Gasteiger partial charge in [0.1, 0.15) is 27.0 Å². The molecule has 7 aromatic rings. The van der Waals surface area contributed by atoms with E-state index < -0.39 is 21.5 Å². The molecular weight excluding hydrogens is 636 g/mol. The zero-order valence-corrected chi connectivity index (χ0v) is 26.3. The van der Waals surface area contributed by atoms with Crippen molar-refractivity contribution in [1.82, 2.24) is 30.1 Å². The lowest BCUT2D eigenvalue weighted by Gasteiger charge is -2.08. The number of para-hydroxylation sites is 1. The van der Waals surface area contributed by atoms with Crippen LogP contribution in [0.4, 0.5) is 14.5 Å². The molecule has 0 spiro atoms. The molecule has 3 aromatic carbocycles. The van der Waals surface area contributed by atoms with Crippen LogP contribution < -0.4 is 5.32 Å². The number of fused-ring (bicyclic) bond motifs is 2. The minimum Gasteiger partial charge on any atom is -0.337 e. The summed E-state index contributed by atoms with van der Waals surface area (Å²) in [7, 11) is -3.23. The van der Waals surface area contributed by atoms with Crippen molar-refractivity contribution in [2.24, 2.45) is 0 Å². The number of anilines is 1. The highest BCUT2D eigenvalue weighted by molar-refractivity contribution is 7.90. The maximum atomic E-state index is 16.3. The van der Waals surface area contributed by atoms with E-state index in [9.17, 15) is 17.6 Å². The van der Waals surface area contributed by atoms with Crippen LogP contribution in [0.5, 0.6) is 0 Å². The van der Waals surface area contributed by atoms with Gasteiger partial charge in [0.15, 0.2) is 11.6 Å². The molecule has 0 aliphatic carbocycles. The van der Waals surface area contributed by atoms with Crippen molar-refractivity contribution < 1.29 is 22.0 Å².